The van der Waals surface area contributed by atoms with E-state index in [-0.39, 0.29) is 5.91 Å². The fraction of sp³-hybridized carbons (Fsp3) is 0.200. The monoisotopic (exact) mass is 295 g/mol. The molecule has 1 aliphatic rings. The Bertz CT molecular complexity index is 902. The van der Waals surface area contributed by atoms with Crippen molar-refractivity contribution < 1.29 is 9.32 Å². The first-order chi connectivity index (χ1) is 10.6. The van der Waals surface area contributed by atoms with Crippen molar-refractivity contribution >= 4 is 34.2 Å². The van der Waals surface area contributed by atoms with Crippen molar-refractivity contribution in [3.63, 3.8) is 0 Å². The van der Waals surface area contributed by atoms with Crippen molar-refractivity contribution in [2.75, 3.05) is 17.3 Å². The van der Waals surface area contributed by atoms with Gasteiger partial charge in [0, 0.05) is 18.4 Å². The number of nitrogens with zero attached hydrogens (tertiary/aromatic N) is 4. The minimum absolute atomic E-state index is 0.103. The van der Waals surface area contributed by atoms with Crippen molar-refractivity contribution in [3.8, 4) is 0 Å². The first-order valence-corrected chi connectivity index (χ1v) is 6.87. The SMILES string of the molecule is Cc1noc2ncnc(Nc3ccc4c(c3)CC(=O)N4C)c12. The minimum Gasteiger partial charge on any atom is -0.339 e. The van der Waals surface area contributed by atoms with E-state index in [4.69, 9.17) is 4.52 Å². The number of anilines is 3. The summed E-state index contributed by atoms with van der Waals surface area (Å²) < 4.78 is 5.14. The van der Waals surface area contributed by atoms with Gasteiger partial charge in [0.25, 0.3) is 5.71 Å². The van der Waals surface area contributed by atoms with Crippen LogP contribution in [0.1, 0.15) is 11.3 Å². The quantitative estimate of drug-likeness (QED) is 0.780. The van der Waals surface area contributed by atoms with E-state index in [0.29, 0.717) is 18.0 Å². The molecule has 0 aliphatic carbocycles. The van der Waals surface area contributed by atoms with Crippen LogP contribution < -0.4 is 10.2 Å². The van der Waals surface area contributed by atoms with Crippen LogP contribution in [0.5, 0.6) is 0 Å². The zero-order chi connectivity index (χ0) is 15.3. The van der Waals surface area contributed by atoms with Gasteiger partial charge >= 0.3 is 0 Å². The van der Waals surface area contributed by atoms with Crippen molar-refractivity contribution in [3.05, 3.63) is 35.8 Å². The van der Waals surface area contributed by atoms with E-state index in [1.807, 2.05) is 25.1 Å². The molecular weight excluding hydrogens is 282 g/mol. The summed E-state index contributed by atoms with van der Waals surface area (Å²) in [4.78, 5) is 21.7. The second-order valence-electron chi connectivity index (χ2n) is 5.27. The molecule has 1 amide bonds. The van der Waals surface area contributed by atoms with Gasteiger partial charge in [-0.1, -0.05) is 5.16 Å². The molecule has 0 saturated heterocycles. The van der Waals surface area contributed by atoms with Gasteiger partial charge in [-0.25, -0.2) is 4.98 Å². The number of hydrogen-bond acceptors (Lipinski definition) is 6. The summed E-state index contributed by atoms with van der Waals surface area (Å²) in [7, 11) is 1.79. The van der Waals surface area contributed by atoms with Crippen LogP contribution in [0.25, 0.3) is 11.1 Å². The Kier molecular flexibility index (Phi) is 2.62. The number of carbonyl (C=O) groups excluding carboxylic acids is 1. The maximum Gasteiger partial charge on any atom is 0.263 e. The second-order valence-corrected chi connectivity index (χ2v) is 5.27. The molecule has 0 fully saturated rings. The third-order valence-corrected chi connectivity index (χ3v) is 3.86. The lowest BCUT2D eigenvalue weighted by atomic mass is 10.1. The number of aromatic nitrogens is 3. The van der Waals surface area contributed by atoms with Crippen LogP contribution >= 0.6 is 0 Å². The third-order valence-electron chi connectivity index (χ3n) is 3.86. The zero-order valence-corrected chi connectivity index (χ0v) is 12.1. The molecule has 1 N–H and O–H groups in total. The average molecular weight is 295 g/mol. The van der Waals surface area contributed by atoms with Gasteiger partial charge in [0.05, 0.1) is 12.1 Å². The van der Waals surface area contributed by atoms with Gasteiger partial charge in [-0.05, 0) is 30.7 Å². The standard InChI is InChI=1S/C15H13N5O2/c1-8-13-14(16-7-17-15(13)22-19-8)18-10-3-4-11-9(5-10)6-12(21)20(11)2/h3-5,7H,6H2,1-2H3,(H,16,17,18). The van der Waals surface area contributed by atoms with Crippen molar-refractivity contribution in [1.29, 1.82) is 0 Å². The zero-order valence-electron chi connectivity index (χ0n) is 12.1. The number of fused-ring (bicyclic) bond motifs is 2. The fourth-order valence-corrected chi connectivity index (χ4v) is 2.70. The summed E-state index contributed by atoms with van der Waals surface area (Å²) in [6, 6.07) is 5.82. The van der Waals surface area contributed by atoms with Gasteiger partial charge in [0.2, 0.25) is 5.91 Å². The fourth-order valence-electron chi connectivity index (χ4n) is 2.70. The van der Waals surface area contributed by atoms with E-state index in [1.54, 1.807) is 11.9 Å². The van der Waals surface area contributed by atoms with Crippen molar-refractivity contribution in [2.24, 2.45) is 0 Å². The molecule has 3 aromatic rings. The average Bonchev–Trinajstić information content (AvgIpc) is 3.01. The highest BCUT2D eigenvalue weighted by atomic mass is 16.5. The van der Waals surface area contributed by atoms with E-state index in [9.17, 15) is 4.79 Å². The molecule has 1 aromatic carbocycles. The number of likely N-dealkylation sites (N-methyl/N-ethyl adjacent to an activating group) is 1. The summed E-state index contributed by atoms with van der Waals surface area (Å²) in [5, 5.41) is 7.92. The number of amides is 1. The Morgan fingerprint density at radius 1 is 1.32 bits per heavy atom. The highest BCUT2D eigenvalue weighted by Crippen LogP contribution is 2.32. The minimum atomic E-state index is 0.103. The maximum atomic E-state index is 11.7. The number of nitrogens with one attached hydrogen (secondary N) is 1. The first kappa shape index (κ1) is 12.8. The predicted octanol–water partition coefficient (Wildman–Crippen LogP) is 2.19. The highest BCUT2D eigenvalue weighted by Gasteiger charge is 2.24. The van der Waals surface area contributed by atoms with Crippen LogP contribution in [0.15, 0.2) is 29.0 Å². The molecule has 2 aromatic heterocycles. The van der Waals surface area contributed by atoms with Crippen LogP contribution in [0.2, 0.25) is 0 Å². The molecular formula is C15H13N5O2. The van der Waals surface area contributed by atoms with E-state index >= 15 is 0 Å². The number of aryl methyl sites for hydroxylation is 1. The number of carbonyl (C=O) groups is 1. The maximum absolute atomic E-state index is 11.7. The van der Waals surface area contributed by atoms with Gasteiger partial charge in [-0.3, -0.25) is 4.79 Å². The molecule has 3 heterocycles. The summed E-state index contributed by atoms with van der Waals surface area (Å²) in [6.07, 6.45) is 1.85. The Hall–Kier alpha value is -2.96. The normalized spacial score (nSPS) is 13.7. The molecule has 110 valence electrons. The van der Waals surface area contributed by atoms with Crippen LogP contribution in [0.4, 0.5) is 17.2 Å². The topological polar surface area (TPSA) is 84.1 Å². The Morgan fingerprint density at radius 3 is 3.05 bits per heavy atom. The number of hydrogen-bond donors (Lipinski definition) is 1. The van der Waals surface area contributed by atoms with Gasteiger partial charge in [0.1, 0.15) is 17.5 Å². The summed E-state index contributed by atoms with van der Waals surface area (Å²) in [6.45, 7) is 1.84. The molecule has 1 aliphatic heterocycles. The highest BCUT2D eigenvalue weighted by molar-refractivity contribution is 6.01. The lowest BCUT2D eigenvalue weighted by Gasteiger charge is -2.11. The van der Waals surface area contributed by atoms with Crippen LogP contribution in [-0.4, -0.2) is 28.1 Å². The van der Waals surface area contributed by atoms with Gasteiger partial charge in [0.15, 0.2) is 0 Å². The lowest BCUT2D eigenvalue weighted by Crippen LogP contribution is -2.20. The molecule has 0 unspecified atom stereocenters. The molecule has 22 heavy (non-hydrogen) atoms. The lowest BCUT2D eigenvalue weighted by molar-refractivity contribution is -0.117. The van der Waals surface area contributed by atoms with Crippen LogP contribution in [-0.2, 0) is 11.2 Å². The summed E-state index contributed by atoms with van der Waals surface area (Å²) in [5.74, 6) is 0.743. The third kappa shape index (κ3) is 1.82. The Labute approximate surface area is 125 Å². The number of benzene rings is 1. The van der Waals surface area contributed by atoms with Gasteiger partial charge in [-0.15, -0.1) is 0 Å². The molecule has 7 heteroatoms. The molecule has 0 spiro atoms. The van der Waals surface area contributed by atoms with Crippen molar-refractivity contribution in [2.45, 2.75) is 13.3 Å². The van der Waals surface area contributed by atoms with Gasteiger partial charge < -0.3 is 14.7 Å². The van der Waals surface area contributed by atoms with E-state index < -0.39 is 0 Å². The van der Waals surface area contributed by atoms with E-state index in [1.165, 1.54) is 6.33 Å². The van der Waals surface area contributed by atoms with Crippen molar-refractivity contribution in [1.82, 2.24) is 15.1 Å². The first-order valence-electron chi connectivity index (χ1n) is 6.87. The van der Waals surface area contributed by atoms with E-state index in [0.717, 1.165) is 28.0 Å². The molecule has 0 atom stereocenters. The predicted molar refractivity (Wildman–Crippen MR) is 81.2 cm³/mol. The largest absolute Gasteiger partial charge is 0.339 e. The second kappa shape index (κ2) is 4.52. The smallest absolute Gasteiger partial charge is 0.263 e. The number of rotatable bonds is 2. The summed E-state index contributed by atoms with van der Waals surface area (Å²) in [5.41, 5.74) is 4.00. The molecule has 0 radical (unpaired) electrons. The Morgan fingerprint density at radius 2 is 2.18 bits per heavy atom. The van der Waals surface area contributed by atoms with Crippen LogP contribution in [0.3, 0.4) is 0 Å². The van der Waals surface area contributed by atoms with E-state index in [2.05, 4.69) is 20.4 Å². The molecule has 4 rings (SSSR count). The molecule has 0 saturated carbocycles. The van der Waals surface area contributed by atoms with Crippen LogP contribution in [0, 0.1) is 6.92 Å². The summed E-state index contributed by atoms with van der Waals surface area (Å²) >= 11 is 0. The van der Waals surface area contributed by atoms with Gasteiger partial charge in [-0.2, -0.15) is 4.98 Å². The molecule has 0 bridgehead atoms. The Balaban J connectivity index is 1.74. The molecule has 7 nitrogen and oxygen atoms in total.